The monoisotopic (exact) mass is 601 g/mol. The van der Waals surface area contributed by atoms with Crippen LogP contribution in [0.1, 0.15) is 25.3 Å². The van der Waals surface area contributed by atoms with E-state index in [-0.39, 0.29) is 29.0 Å². The number of rotatable bonds is 12. The zero-order valence-corrected chi connectivity index (χ0v) is 25.0. The highest BCUT2D eigenvalue weighted by Gasteiger charge is 2.44. The maximum atomic E-state index is 13.5. The molecule has 1 aromatic rings. The summed E-state index contributed by atoms with van der Waals surface area (Å²) in [6, 6.07) is 3.82. The fourth-order valence-corrected chi connectivity index (χ4v) is 4.67. The Balaban J connectivity index is 2.77. The van der Waals surface area contributed by atoms with E-state index in [2.05, 4.69) is 16.4 Å². The molecule has 13 heteroatoms. The Morgan fingerprint density at radius 2 is 1.88 bits per heavy atom. The van der Waals surface area contributed by atoms with Crippen molar-refractivity contribution in [1.82, 2.24) is 14.7 Å². The summed E-state index contributed by atoms with van der Waals surface area (Å²) in [7, 11) is 7.00. The van der Waals surface area contributed by atoms with Crippen LogP contribution >= 0.6 is 0 Å². The van der Waals surface area contributed by atoms with E-state index >= 15 is 0 Å². The minimum Gasteiger partial charge on any atom is -0.466 e. The number of hydrogen-bond acceptors (Lipinski definition) is 7. The summed E-state index contributed by atoms with van der Waals surface area (Å²) < 4.78 is 45.7. The van der Waals surface area contributed by atoms with Crippen molar-refractivity contribution in [3.05, 3.63) is 77.1 Å². The smallest absolute Gasteiger partial charge is 0.416 e. The van der Waals surface area contributed by atoms with Gasteiger partial charge in [0.1, 0.15) is 0 Å². The fourth-order valence-electron chi connectivity index (χ4n) is 4.67. The Kier molecular flexibility index (Phi) is 12.3. The Labute approximate surface area is 250 Å². The molecule has 0 fully saturated rings. The van der Waals surface area contributed by atoms with Gasteiger partial charge >= 0.3 is 18.2 Å². The summed E-state index contributed by atoms with van der Waals surface area (Å²) >= 11 is 0. The number of halogens is 3. The number of nitriles is 1. The van der Waals surface area contributed by atoms with E-state index in [1.807, 2.05) is 27.2 Å². The van der Waals surface area contributed by atoms with Crippen molar-refractivity contribution in [2.45, 2.75) is 32.0 Å². The van der Waals surface area contributed by atoms with Crippen LogP contribution in [-0.4, -0.2) is 86.6 Å². The van der Waals surface area contributed by atoms with E-state index in [1.165, 1.54) is 25.1 Å². The molecule has 0 saturated carbocycles. The van der Waals surface area contributed by atoms with Crippen molar-refractivity contribution in [1.29, 1.82) is 10.7 Å². The molecule has 1 aliphatic rings. The van der Waals surface area contributed by atoms with Gasteiger partial charge in [0.05, 0.1) is 35.9 Å². The van der Waals surface area contributed by atoms with Crippen molar-refractivity contribution in [2.24, 2.45) is 5.73 Å². The molecule has 1 aromatic carbocycles. The van der Waals surface area contributed by atoms with Crippen LogP contribution in [0.2, 0.25) is 0 Å². The van der Waals surface area contributed by atoms with E-state index in [9.17, 15) is 28.0 Å². The van der Waals surface area contributed by atoms with E-state index in [0.717, 1.165) is 54.6 Å². The summed E-state index contributed by atoms with van der Waals surface area (Å²) in [6.45, 7) is 7.17. The molecule has 3 N–H and O–H groups in total. The first-order valence-electron chi connectivity index (χ1n) is 13.4. The number of hydrogen-bond donors (Lipinski definition) is 2. The van der Waals surface area contributed by atoms with Gasteiger partial charge in [0.2, 0.25) is 5.96 Å². The second kappa shape index (κ2) is 15.2. The van der Waals surface area contributed by atoms with Gasteiger partial charge in [-0.05, 0) is 83.8 Å². The number of amides is 2. The highest BCUT2D eigenvalue weighted by Crippen LogP contribution is 2.38. The number of methoxy groups -OCH3 is 1. The van der Waals surface area contributed by atoms with Crippen molar-refractivity contribution >= 4 is 23.6 Å². The van der Waals surface area contributed by atoms with Crippen molar-refractivity contribution in [2.75, 3.05) is 52.8 Å². The lowest BCUT2D eigenvalue weighted by Crippen LogP contribution is -2.59. The molecule has 2 rings (SSSR count). The average Bonchev–Trinajstić information content (AvgIpc) is 2.93. The number of anilines is 1. The molecule has 232 valence electrons. The van der Waals surface area contributed by atoms with Gasteiger partial charge in [0.25, 0.3) is 0 Å². The third-order valence-corrected chi connectivity index (χ3v) is 6.88. The van der Waals surface area contributed by atoms with Gasteiger partial charge in [-0.3, -0.25) is 15.2 Å². The van der Waals surface area contributed by atoms with Crippen LogP contribution in [0.3, 0.4) is 0 Å². The quantitative estimate of drug-likeness (QED) is 0.205. The number of allylic oxidation sites excluding steroid dienone is 5. The molecule has 0 radical (unpaired) electrons. The number of nitrogens with zero attached hydrogens (tertiary/aromatic N) is 5. The topological polar surface area (TPSA) is 130 Å². The standard InChI is InChI=1S/C30H38F3N7O3/c1-7-21(19-34)12-13-22(14-17-38(5)16-9-15-37(3)4)26-25(27(41)43-6)20(2)39(28(35)40(26)29(36)42)24-11-8-10-23(18-24)30(31,32)33/h7-8,10-13,18,26,35H,1,9,14-17H2,2-6H3,(H2,36,42)/b21-12+,22-13+,35-28?/t26-/m1/s1. The number of nitrogens with two attached hydrogens (primary N) is 1. The number of carbonyl (C=O) groups is 2. The van der Waals surface area contributed by atoms with Gasteiger partial charge in [0.15, 0.2) is 0 Å². The number of guanidine groups is 1. The highest BCUT2D eigenvalue weighted by atomic mass is 19.4. The molecule has 0 bridgehead atoms. The molecule has 1 heterocycles. The van der Waals surface area contributed by atoms with E-state index in [4.69, 9.17) is 15.9 Å². The number of carbonyl (C=O) groups excluding carboxylic acids is 2. The van der Waals surface area contributed by atoms with Crippen LogP contribution < -0.4 is 10.6 Å². The highest BCUT2D eigenvalue weighted by molar-refractivity contribution is 6.10. The molecule has 10 nitrogen and oxygen atoms in total. The van der Waals surface area contributed by atoms with Crippen LogP contribution in [0.5, 0.6) is 0 Å². The fraction of sp³-hybridized carbons (Fsp3) is 0.400. The normalized spacial score (nSPS) is 16.6. The zero-order valence-electron chi connectivity index (χ0n) is 25.0. The minimum atomic E-state index is -4.67. The van der Waals surface area contributed by atoms with Crippen LogP contribution in [0.25, 0.3) is 0 Å². The number of benzene rings is 1. The molecule has 0 aromatic heterocycles. The lowest BCUT2D eigenvalue weighted by Gasteiger charge is -2.43. The lowest BCUT2D eigenvalue weighted by atomic mass is 9.90. The molecule has 0 aliphatic carbocycles. The maximum Gasteiger partial charge on any atom is 0.416 e. The van der Waals surface area contributed by atoms with E-state index < -0.39 is 35.7 Å². The van der Waals surface area contributed by atoms with Crippen LogP contribution in [0, 0.1) is 16.7 Å². The van der Waals surface area contributed by atoms with Crippen LogP contribution in [-0.2, 0) is 15.7 Å². The first-order valence-corrected chi connectivity index (χ1v) is 13.4. The summed E-state index contributed by atoms with van der Waals surface area (Å²) in [6.07, 6.45) is 0.876. The molecule has 0 saturated heterocycles. The van der Waals surface area contributed by atoms with Crippen LogP contribution in [0.15, 0.2) is 71.5 Å². The van der Waals surface area contributed by atoms with Gasteiger partial charge in [0, 0.05) is 17.9 Å². The molecule has 0 unspecified atom stereocenters. The minimum absolute atomic E-state index is 0.0807. The number of nitrogens with one attached hydrogen (secondary N) is 1. The number of urea groups is 1. The van der Waals surface area contributed by atoms with Crippen molar-refractivity contribution < 1.29 is 27.5 Å². The second-order valence-corrected chi connectivity index (χ2v) is 10.2. The predicted octanol–water partition coefficient (Wildman–Crippen LogP) is 4.49. The molecule has 2 amide bonds. The maximum absolute atomic E-state index is 13.5. The van der Waals surface area contributed by atoms with Gasteiger partial charge in [-0.1, -0.05) is 24.8 Å². The van der Waals surface area contributed by atoms with Gasteiger partial charge in [-0.15, -0.1) is 0 Å². The number of primary amides is 1. The lowest BCUT2D eigenvalue weighted by molar-refractivity contribution is -0.138. The Morgan fingerprint density at radius 3 is 2.42 bits per heavy atom. The van der Waals surface area contributed by atoms with Crippen molar-refractivity contribution in [3.8, 4) is 6.07 Å². The second-order valence-electron chi connectivity index (χ2n) is 10.2. The Morgan fingerprint density at radius 1 is 1.21 bits per heavy atom. The molecule has 43 heavy (non-hydrogen) atoms. The summed E-state index contributed by atoms with van der Waals surface area (Å²) in [4.78, 5) is 32.3. The average molecular weight is 602 g/mol. The summed E-state index contributed by atoms with van der Waals surface area (Å²) in [5.74, 6) is -1.42. The third-order valence-electron chi connectivity index (χ3n) is 6.88. The van der Waals surface area contributed by atoms with E-state index in [1.54, 1.807) is 6.08 Å². The summed E-state index contributed by atoms with van der Waals surface area (Å²) in [5.41, 5.74) is 5.33. The Bertz CT molecular complexity index is 1360. The van der Waals surface area contributed by atoms with Crippen LogP contribution in [0.4, 0.5) is 23.7 Å². The van der Waals surface area contributed by atoms with Crippen molar-refractivity contribution in [3.63, 3.8) is 0 Å². The molecular formula is C30H38F3N7O3. The zero-order chi connectivity index (χ0) is 32.5. The van der Waals surface area contributed by atoms with Gasteiger partial charge in [-0.2, -0.15) is 18.4 Å². The number of alkyl halides is 3. The number of ether oxygens (including phenoxy) is 1. The number of esters is 1. The van der Waals surface area contributed by atoms with Gasteiger partial charge < -0.3 is 20.3 Å². The van der Waals surface area contributed by atoms with E-state index in [0.29, 0.717) is 12.1 Å². The first-order chi connectivity index (χ1) is 20.2. The molecular weight excluding hydrogens is 563 g/mol. The van der Waals surface area contributed by atoms with Gasteiger partial charge in [-0.25, -0.2) is 9.59 Å². The third kappa shape index (κ3) is 8.79. The summed E-state index contributed by atoms with van der Waals surface area (Å²) in [5, 5.41) is 18.4. The molecule has 1 atom stereocenters. The SMILES string of the molecule is C=C/C(C#N)=C\C=C(/CCN(C)CCCN(C)C)[C@@H]1C(C(=O)OC)=C(C)N(c2cccc(C(F)(F)F)c2)C(=N)N1C(N)=O. The predicted molar refractivity (Wildman–Crippen MR) is 159 cm³/mol. The largest absolute Gasteiger partial charge is 0.466 e. The Hall–Kier alpha value is -4.41. The molecule has 0 spiro atoms. The molecule has 1 aliphatic heterocycles. The first kappa shape index (κ1) is 34.8.